The molecule has 1 nitrogen and oxygen atoms in total. The summed E-state index contributed by atoms with van der Waals surface area (Å²) in [4.78, 5) is 0. The summed E-state index contributed by atoms with van der Waals surface area (Å²) < 4.78 is 5.40. The van der Waals surface area contributed by atoms with Crippen molar-refractivity contribution in [3.63, 3.8) is 0 Å². The molecule has 1 saturated carbocycles. The third kappa shape index (κ3) is 2.59. The zero-order chi connectivity index (χ0) is 6.53. The highest BCUT2D eigenvalue weighted by molar-refractivity contribution is 7.93. The molecule has 1 aliphatic rings. The van der Waals surface area contributed by atoms with Gasteiger partial charge in [0.05, 0.1) is 6.10 Å². The number of hydrogen-bond donors (Lipinski definition) is 0. The Bertz CT molecular complexity index is 66.6. The van der Waals surface area contributed by atoms with Crippen LogP contribution in [0.25, 0.3) is 0 Å². The molecule has 1 fully saturated rings. The average molecular weight is 146 g/mol. The van der Waals surface area contributed by atoms with Gasteiger partial charge in [0.15, 0.2) is 0 Å². The Morgan fingerprint density at radius 3 is 2.44 bits per heavy atom. The lowest BCUT2D eigenvalue weighted by molar-refractivity contribution is 0.186. The molecule has 2 heteroatoms. The van der Waals surface area contributed by atoms with Gasteiger partial charge >= 0.3 is 0 Å². The maximum Gasteiger partial charge on any atom is 0.0722 e. The molecule has 0 radical (unpaired) electrons. The Balaban J connectivity index is 2.08. The van der Waals surface area contributed by atoms with Gasteiger partial charge in [0.25, 0.3) is 0 Å². The van der Waals surface area contributed by atoms with Crippen molar-refractivity contribution in [2.45, 2.75) is 38.2 Å². The topological polar surface area (TPSA) is 9.23 Å². The summed E-state index contributed by atoms with van der Waals surface area (Å²) in [6.07, 6.45) is 9.26. The first-order valence-corrected chi connectivity index (χ1v) is 4.78. The second kappa shape index (κ2) is 4.18. The van der Waals surface area contributed by atoms with Gasteiger partial charge in [0.1, 0.15) is 0 Å². The second-order valence-corrected chi connectivity index (χ2v) is 3.05. The highest BCUT2D eigenvalue weighted by Gasteiger charge is 2.12. The lowest BCUT2D eigenvalue weighted by Crippen LogP contribution is -2.12. The summed E-state index contributed by atoms with van der Waals surface area (Å²) in [5.74, 6) is 0. The molecule has 1 rings (SSSR count). The molecule has 0 saturated heterocycles. The standard InChI is InChI=1S/C7H14OS/c1-9-8-7-5-3-2-4-6-7/h7H,2-6H2,1H3. The molecule has 0 spiro atoms. The van der Waals surface area contributed by atoms with Gasteiger partial charge in [-0.2, -0.15) is 0 Å². The monoisotopic (exact) mass is 146 g/mol. The predicted molar refractivity (Wildman–Crippen MR) is 41.5 cm³/mol. The van der Waals surface area contributed by atoms with Crippen LogP contribution in [0.4, 0.5) is 0 Å². The Morgan fingerprint density at radius 1 is 1.22 bits per heavy atom. The van der Waals surface area contributed by atoms with E-state index in [1.807, 2.05) is 6.26 Å². The second-order valence-electron chi connectivity index (χ2n) is 2.52. The summed E-state index contributed by atoms with van der Waals surface area (Å²) in [5, 5.41) is 0. The zero-order valence-corrected chi connectivity index (χ0v) is 6.75. The molecule has 0 atom stereocenters. The smallest absolute Gasteiger partial charge is 0.0722 e. The van der Waals surface area contributed by atoms with E-state index >= 15 is 0 Å². The normalized spacial score (nSPS) is 22.3. The summed E-state index contributed by atoms with van der Waals surface area (Å²) in [6, 6.07) is 0. The lowest BCUT2D eigenvalue weighted by atomic mass is 9.98. The molecule has 0 aliphatic heterocycles. The fraction of sp³-hybridized carbons (Fsp3) is 1.00. The minimum atomic E-state index is 0.564. The zero-order valence-electron chi connectivity index (χ0n) is 5.93. The first-order valence-electron chi connectivity index (χ1n) is 3.63. The average Bonchev–Trinajstić information content (AvgIpc) is 1.91. The Morgan fingerprint density at radius 2 is 1.89 bits per heavy atom. The molecular formula is C7H14OS. The van der Waals surface area contributed by atoms with Crippen LogP contribution >= 0.6 is 12.0 Å². The van der Waals surface area contributed by atoms with Crippen molar-refractivity contribution in [1.29, 1.82) is 0 Å². The Hall–Kier alpha value is 0.310. The predicted octanol–water partition coefficient (Wildman–Crippen LogP) is 2.61. The third-order valence-electron chi connectivity index (χ3n) is 1.78. The highest BCUT2D eigenvalue weighted by Crippen LogP contribution is 2.22. The molecule has 0 N–H and O–H groups in total. The molecular weight excluding hydrogens is 132 g/mol. The van der Waals surface area contributed by atoms with E-state index < -0.39 is 0 Å². The van der Waals surface area contributed by atoms with Crippen molar-refractivity contribution in [2.24, 2.45) is 0 Å². The van der Waals surface area contributed by atoms with Crippen LogP contribution in [0.3, 0.4) is 0 Å². The molecule has 0 amide bonds. The maximum absolute atomic E-state index is 5.40. The largest absolute Gasteiger partial charge is 0.312 e. The maximum atomic E-state index is 5.40. The minimum absolute atomic E-state index is 0.564. The molecule has 9 heavy (non-hydrogen) atoms. The summed E-state index contributed by atoms with van der Waals surface area (Å²) in [5.41, 5.74) is 0. The first-order chi connectivity index (χ1) is 4.43. The molecule has 0 unspecified atom stereocenters. The van der Waals surface area contributed by atoms with Crippen LogP contribution in [0.15, 0.2) is 0 Å². The first kappa shape index (κ1) is 7.42. The van der Waals surface area contributed by atoms with E-state index in [0.29, 0.717) is 6.10 Å². The van der Waals surface area contributed by atoms with Crippen LogP contribution in [-0.4, -0.2) is 12.4 Å². The van der Waals surface area contributed by atoms with Gasteiger partial charge in [0.2, 0.25) is 0 Å². The number of hydrogen-bond acceptors (Lipinski definition) is 2. The van der Waals surface area contributed by atoms with Gasteiger partial charge in [-0.15, -0.1) is 0 Å². The van der Waals surface area contributed by atoms with Crippen LogP contribution in [0, 0.1) is 0 Å². The van der Waals surface area contributed by atoms with Gasteiger partial charge in [0, 0.05) is 6.26 Å². The van der Waals surface area contributed by atoms with E-state index in [-0.39, 0.29) is 0 Å². The molecule has 54 valence electrons. The van der Waals surface area contributed by atoms with Crippen LogP contribution in [0.2, 0.25) is 0 Å². The Labute approximate surface area is 61.4 Å². The van der Waals surface area contributed by atoms with E-state index in [9.17, 15) is 0 Å². The van der Waals surface area contributed by atoms with Crippen molar-refractivity contribution in [3.8, 4) is 0 Å². The van der Waals surface area contributed by atoms with Crippen LogP contribution in [-0.2, 0) is 4.18 Å². The summed E-state index contributed by atoms with van der Waals surface area (Å²) >= 11 is 1.51. The molecule has 0 heterocycles. The molecule has 1 aliphatic carbocycles. The van der Waals surface area contributed by atoms with Crippen LogP contribution < -0.4 is 0 Å². The van der Waals surface area contributed by atoms with Gasteiger partial charge in [-0.3, -0.25) is 0 Å². The fourth-order valence-corrected chi connectivity index (χ4v) is 1.76. The van der Waals surface area contributed by atoms with E-state index in [4.69, 9.17) is 4.18 Å². The molecule has 0 aromatic carbocycles. The van der Waals surface area contributed by atoms with Gasteiger partial charge in [-0.05, 0) is 24.9 Å². The van der Waals surface area contributed by atoms with Crippen LogP contribution in [0.5, 0.6) is 0 Å². The van der Waals surface area contributed by atoms with Crippen molar-refractivity contribution in [1.82, 2.24) is 0 Å². The SMILES string of the molecule is CSOC1CCCCC1. The molecule has 0 aromatic heterocycles. The summed E-state index contributed by atoms with van der Waals surface area (Å²) in [6.45, 7) is 0. The Kier molecular flexibility index (Phi) is 3.44. The van der Waals surface area contributed by atoms with E-state index in [1.54, 1.807) is 0 Å². The van der Waals surface area contributed by atoms with Gasteiger partial charge in [-0.1, -0.05) is 19.3 Å². The minimum Gasteiger partial charge on any atom is -0.312 e. The van der Waals surface area contributed by atoms with E-state index in [2.05, 4.69) is 0 Å². The van der Waals surface area contributed by atoms with E-state index in [1.165, 1.54) is 44.1 Å². The third-order valence-corrected chi connectivity index (χ3v) is 2.25. The molecule has 0 bridgehead atoms. The van der Waals surface area contributed by atoms with Crippen LogP contribution in [0.1, 0.15) is 32.1 Å². The van der Waals surface area contributed by atoms with E-state index in [0.717, 1.165) is 0 Å². The summed E-state index contributed by atoms with van der Waals surface area (Å²) in [7, 11) is 0. The highest BCUT2D eigenvalue weighted by atomic mass is 32.2. The van der Waals surface area contributed by atoms with Gasteiger partial charge in [-0.25, -0.2) is 0 Å². The van der Waals surface area contributed by atoms with Crippen molar-refractivity contribution < 1.29 is 4.18 Å². The fourth-order valence-electron chi connectivity index (χ4n) is 1.30. The lowest BCUT2D eigenvalue weighted by Gasteiger charge is -2.19. The van der Waals surface area contributed by atoms with Gasteiger partial charge < -0.3 is 4.18 Å². The molecule has 0 aromatic rings. The number of rotatable bonds is 2. The van der Waals surface area contributed by atoms with Crippen molar-refractivity contribution in [2.75, 3.05) is 6.26 Å². The van der Waals surface area contributed by atoms with Crippen molar-refractivity contribution >= 4 is 12.0 Å². The van der Waals surface area contributed by atoms with Crippen molar-refractivity contribution in [3.05, 3.63) is 0 Å². The quantitative estimate of drug-likeness (QED) is 0.554.